The Morgan fingerprint density at radius 1 is 1.12 bits per heavy atom. The summed E-state index contributed by atoms with van der Waals surface area (Å²) in [6, 6.07) is 3.55. The fraction of sp³-hybridized carbons (Fsp3) is 0.552. The van der Waals surface area contributed by atoms with Crippen LogP contribution in [0.25, 0.3) is 11.6 Å². The Morgan fingerprint density at radius 2 is 1.88 bits per heavy atom. The molecule has 1 atom stereocenters. The Kier molecular flexibility index (Phi) is 8.67. The zero-order chi connectivity index (χ0) is 30.0. The lowest BCUT2D eigenvalue weighted by Gasteiger charge is -2.47. The van der Waals surface area contributed by atoms with Gasteiger partial charge in [-0.15, -0.1) is 10.2 Å². The number of hydrogen-bond acceptors (Lipinski definition) is 9. The summed E-state index contributed by atoms with van der Waals surface area (Å²) in [4.78, 5) is 29.0. The van der Waals surface area contributed by atoms with E-state index in [0.29, 0.717) is 42.6 Å². The van der Waals surface area contributed by atoms with Gasteiger partial charge in [0.1, 0.15) is 11.5 Å². The van der Waals surface area contributed by atoms with E-state index in [-0.39, 0.29) is 17.2 Å². The summed E-state index contributed by atoms with van der Waals surface area (Å²) in [5, 5.41) is 8.19. The summed E-state index contributed by atoms with van der Waals surface area (Å²) in [6.45, 7) is 9.71. The molecule has 3 aromatic rings. The molecule has 0 unspecified atom stereocenters. The lowest BCUT2D eigenvalue weighted by atomic mass is 9.97. The van der Waals surface area contributed by atoms with Gasteiger partial charge >= 0.3 is 6.18 Å². The maximum Gasteiger partial charge on any atom is 0.416 e. The molecule has 2 aromatic heterocycles. The molecule has 0 saturated carbocycles. The maximum absolute atomic E-state index is 13.1. The van der Waals surface area contributed by atoms with Crippen LogP contribution < -0.4 is 10.6 Å². The number of nitrogens with zero attached hydrogens (tertiary/aromatic N) is 7. The molecule has 5 rings (SSSR count). The third-order valence-corrected chi connectivity index (χ3v) is 8.20. The topological polar surface area (TPSA) is 118 Å². The second kappa shape index (κ2) is 12.2. The summed E-state index contributed by atoms with van der Waals surface area (Å²) in [5.41, 5.74) is 6.33. The van der Waals surface area contributed by atoms with Crippen LogP contribution in [0.2, 0.25) is 0 Å². The molecule has 1 aromatic carbocycles. The van der Waals surface area contributed by atoms with Crippen LogP contribution in [-0.2, 0) is 12.6 Å². The Bertz CT molecular complexity index is 1400. The van der Waals surface area contributed by atoms with Crippen molar-refractivity contribution in [2.75, 3.05) is 43.4 Å². The highest BCUT2D eigenvalue weighted by Crippen LogP contribution is 2.32. The highest BCUT2D eigenvalue weighted by molar-refractivity contribution is 5.99. The van der Waals surface area contributed by atoms with Gasteiger partial charge in [-0.2, -0.15) is 13.2 Å². The largest absolute Gasteiger partial charge is 0.419 e. The van der Waals surface area contributed by atoms with Gasteiger partial charge in [0.2, 0.25) is 5.89 Å². The fourth-order valence-electron chi connectivity index (χ4n) is 5.97. The van der Waals surface area contributed by atoms with E-state index in [2.05, 4.69) is 33.8 Å². The van der Waals surface area contributed by atoms with Gasteiger partial charge in [-0.3, -0.25) is 9.69 Å². The highest BCUT2D eigenvalue weighted by Gasteiger charge is 2.36. The van der Waals surface area contributed by atoms with Crippen molar-refractivity contribution < 1.29 is 22.4 Å². The van der Waals surface area contributed by atoms with Gasteiger partial charge in [-0.1, -0.05) is 13.8 Å². The van der Waals surface area contributed by atoms with Crippen molar-refractivity contribution in [1.82, 2.24) is 30.0 Å². The number of hydrogen-bond donors (Lipinski definition) is 1. The second-order valence-electron chi connectivity index (χ2n) is 11.0. The molecule has 2 N–H and O–H groups in total. The average Bonchev–Trinajstić information content (AvgIpc) is 3.45. The van der Waals surface area contributed by atoms with Crippen LogP contribution >= 0.6 is 0 Å². The van der Waals surface area contributed by atoms with Crippen molar-refractivity contribution in [3.63, 3.8) is 0 Å². The molecule has 2 aliphatic rings. The van der Waals surface area contributed by atoms with Crippen LogP contribution in [0.3, 0.4) is 0 Å². The molecule has 0 radical (unpaired) electrons. The highest BCUT2D eigenvalue weighted by atomic mass is 19.4. The van der Waals surface area contributed by atoms with Crippen LogP contribution in [0.4, 0.5) is 24.7 Å². The number of aryl methyl sites for hydroxylation is 2. The molecule has 0 aliphatic carbocycles. The smallest absolute Gasteiger partial charge is 0.416 e. The minimum absolute atomic E-state index is 0.115. The lowest BCUT2D eigenvalue weighted by Crippen LogP contribution is -2.59. The molecule has 2 aliphatic heterocycles. The van der Waals surface area contributed by atoms with Crippen LogP contribution in [0.5, 0.6) is 0 Å². The lowest BCUT2D eigenvalue weighted by molar-refractivity contribution is -0.137. The van der Waals surface area contributed by atoms with Crippen molar-refractivity contribution in [2.24, 2.45) is 0 Å². The number of carbonyl (C=O) groups excluding carboxylic acids is 1. The number of rotatable bonds is 7. The molecule has 0 spiro atoms. The first-order chi connectivity index (χ1) is 20.1. The van der Waals surface area contributed by atoms with Crippen molar-refractivity contribution in [3.05, 3.63) is 47.1 Å². The molecule has 42 heavy (non-hydrogen) atoms. The number of benzene rings is 1. The van der Waals surface area contributed by atoms with E-state index < -0.39 is 11.7 Å². The summed E-state index contributed by atoms with van der Waals surface area (Å²) in [7, 11) is 0. The Hall–Kier alpha value is -3.74. The molecule has 2 fully saturated rings. The molecule has 10 nitrogen and oxygen atoms in total. The molecule has 0 bridgehead atoms. The summed E-state index contributed by atoms with van der Waals surface area (Å²) in [6.07, 6.45) is 1.38. The SMILES string of the molecule is CCCc1nnc(-c2cnc(N3CCN(C4CCN(C(=O)c5ccc(C(F)(F)F)cc5N)CC4)[C@@H](CC)C3)c(C)n2)o1. The molecule has 226 valence electrons. The minimum atomic E-state index is -4.50. The predicted octanol–water partition coefficient (Wildman–Crippen LogP) is 4.59. The van der Waals surface area contributed by atoms with Crippen LogP contribution in [0, 0.1) is 6.92 Å². The number of nitrogen functional groups attached to an aromatic ring is 1. The summed E-state index contributed by atoms with van der Waals surface area (Å²) in [5.74, 6) is 1.50. The van der Waals surface area contributed by atoms with Gasteiger partial charge in [0.05, 0.1) is 23.0 Å². The van der Waals surface area contributed by atoms with E-state index in [0.717, 1.165) is 75.4 Å². The Morgan fingerprint density at radius 3 is 2.52 bits per heavy atom. The standard InChI is InChI=1S/C29H37F3N8O2/c1-4-6-25-36-37-27(42-25)24-16-34-26(18(3)35-24)39-13-14-40(20(5-2)17-39)21-9-11-38(12-10-21)28(41)22-8-7-19(15-23(22)33)29(30,31)32/h7-8,15-16,20-21H,4-6,9-14,17,33H2,1-3H3/t20-/m0/s1. The predicted molar refractivity (Wildman–Crippen MR) is 152 cm³/mol. The van der Waals surface area contributed by atoms with Gasteiger partial charge in [0, 0.05) is 56.9 Å². The number of carbonyl (C=O) groups is 1. The first-order valence-corrected chi connectivity index (χ1v) is 14.5. The van der Waals surface area contributed by atoms with Gasteiger partial charge in [-0.25, -0.2) is 9.97 Å². The first-order valence-electron chi connectivity index (χ1n) is 14.5. The zero-order valence-corrected chi connectivity index (χ0v) is 24.2. The first kappa shape index (κ1) is 29.7. The molecule has 2 saturated heterocycles. The summed E-state index contributed by atoms with van der Waals surface area (Å²) < 4.78 is 44.7. The third-order valence-electron chi connectivity index (χ3n) is 8.20. The molecule has 1 amide bonds. The van der Waals surface area contributed by atoms with E-state index in [1.807, 2.05) is 6.92 Å². The number of amides is 1. The van der Waals surface area contributed by atoms with E-state index in [4.69, 9.17) is 20.1 Å². The van der Waals surface area contributed by atoms with Crippen LogP contribution in [0.15, 0.2) is 28.8 Å². The van der Waals surface area contributed by atoms with Crippen LogP contribution in [0.1, 0.15) is 67.0 Å². The number of anilines is 2. The molecule has 13 heteroatoms. The number of alkyl halides is 3. The Labute approximate surface area is 243 Å². The normalized spacial score (nSPS) is 19.0. The monoisotopic (exact) mass is 586 g/mol. The van der Waals surface area contributed by atoms with Crippen molar-refractivity contribution in [2.45, 2.75) is 71.1 Å². The van der Waals surface area contributed by atoms with E-state index in [9.17, 15) is 18.0 Å². The van der Waals surface area contributed by atoms with E-state index >= 15 is 0 Å². The van der Waals surface area contributed by atoms with E-state index in [1.54, 1.807) is 11.1 Å². The number of aromatic nitrogens is 4. The van der Waals surface area contributed by atoms with Gasteiger partial charge in [0.25, 0.3) is 11.8 Å². The van der Waals surface area contributed by atoms with Gasteiger partial charge < -0.3 is 20.0 Å². The number of halogens is 3. The quantitative estimate of drug-likeness (QED) is 0.397. The number of piperidine rings is 1. The van der Waals surface area contributed by atoms with Gasteiger partial charge in [-0.05, 0) is 50.8 Å². The number of likely N-dealkylation sites (tertiary alicyclic amines) is 1. The van der Waals surface area contributed by atoms with Crippen molar-refractivity contribution in [3.8, 4) is 11.6 Å². The van der Waals surface area contributed by atoms with Crippen LogP contribution in [-0.4, -0.2) is 80.7 Å². The average molecular weight is 587 g/mol. The van der Waals surface area contributed by atoms with Gasteiger partial charge in [0.15, 0.2) is 0 Å². The number of piperazine rings is 1. The fourth-order valence-corrected chi connectivity index (χ4v) is 5.97. The maximum atomic E-state index is 13.1. The van der Waals surface area contributed by atoms with Crippen molar-refractivity contribution >= 4 is 17.4 Å². The Balaban J connectivity index is 1.19. The zero-order valence-electron chi connectivity index (χ0n) is 24.2. The second-order valence-corrected chi connectivity index (χ2v) is 11.0. The van der Waals surface area contributed by atoms with E-state index in [1.165, 1.54) is 6.07 Å². The minimum Gasteiger partial charge on any atom is -0.419 e. The molecular weight excluding hydrogens is 549 g/mol. The molecule has 4 heterocycles. The number of nitrogens with two attached hydrogens (primary N) is 1. The van der Waals surface area contributed by atoms with Crippen molar-refractivity contribution in [1.29, 1.82) is 0 Å². The third kappa shape index (κ3) is 6.20. The molecular formula is C29H37F3N8O2. The summed E-state index contributed by atoms with van der Waals surface area (Å²) >= 11 is 0.